The molecular formula is C14H26N2O. The molecule has 1 saturated carbocycles. The summed E-state index contributed by atoms with van der Waals surface area (Å²) in [5, 5.41) is 3.79. The van der Waals surface area contributed by atoms with E-state index in [0.717, 1.165) is 31.2 Å². The number of ether oxygens (including phenoxy) is 1. The Labute approximate surface area is 105 Å². The van der Waals surface area contributed by atoms with Crippen LogP contribution in [-0.4, -0.2) is 49.8 Å². The summed E-state index contributed by atoms with van der Waals surface area (Å²) in [7, 11) is 0. The van der Waals surface area contributed by atoms with Crippen molar-refractivity contribution in [2.75, 3.05) is 32.8 Å². The first kappa shape index (κ1) is 11.9. The lowest BCUT2D eigenvalue weighted by Crippen LogP contribution is -2.48. The Hall–Kier alpha value is -0.120. The van der Waals surface area contributed by atoms with Crippen LogP contribution in [-0.2, 0) is 4.74 Å². The maximum Gasteiger partial charge on any atom is 0.0469 e. The van der Waals surface area contributed by atoms with Crippen LogP contribution in [0.1, 0.15) is 38.5 Å². The van der Waals surface area contributed by atoms with Crippen molar-refractivity contribution in [3.8, 4) is 0 Å². The van der Waals surface area contributed by atoms with Gasteiger partial charge in [0.1, 0.15) is 0 Å². The van der Waals surface area contributed by atoms with Crippen LogP contribution in [0.25, 0.3) is 0 Å². The molecule has 3 nitrogen and oxygen atoms in total. The SMILES string of the molecule is C1CC(NC2CC2)CN(CC2CCOCC2)C1. The van der Waals surface area contributed by atoms with Gasteiger partial charge in [-0.25, -0.2) is 0 Å². The molecule has 0 aromatic heterocycles. The van der Waals surface area contributed by atoms with Crippen LogP contribution in [0.4, 0.5) is 0 Å². The highest BCUT2D eigenvalue weighted by molar-refractivity contribution is 4.88. The Morgan fingerprint density at radius 3 is 2.59 bits per heavy atom. The van der Waals surface area contributed by atoms with Gasteiger partial charge in [-0.1, -0.05) is 0 Å². The maximum absolute atomic E-state index is 5.44. The molecule has 3 aliphatic rings. The molecule has 98 valence electrons. The summed E-state index contributed by atoms with van der Waals surface area (Å²) < 4.78 is 5.44. The first-order chi connectivity index (χ1) is 8.40. The average molecular weight is 238 g/mol. The van der Waals surface area contributed by atoms with Crippen molar-refractivity contribution >= 4 is 0 Å². The minimum absolute atomic E-state index is 0.774. The van der Waals surface area contributed by atoms with Gasteiger partial charge in [-0.15, -0.1) is 0 Å². The van der Waals surface area contributed by atoms with Crippen LogP contribution in [0, 0.1) is 5.92 Å². The highest BCUT2D eigenvalue weighted by atomic mass is 16.5. The van der Waals surface area contributed by atoms with E-state index in [1.54, 1.807) is 0 Å². The van der Waals surface area contributed by atoms with Crippen molar-refractivity contribution in [3.05, 3.63) is 0 Å². The zero-order chi connectivity index (χ0) is 11.5. The molecule has 2 aliphatic heterocycles. The molecule has 3 rings (SSSR count). The van der Waals surface area contributed by atoms with Crippen molar-refractivity contribution < 1.29 is 4.74 Å². The number of rotatable bonds is 4. The zero-order valence-corrected chi connectivity index (χ0v) is 10.9. The van der Waals surface area contributed by atoms with Gasteiger partial charge in [-0.2, -0.15) is 0 Å². The van der Waals surface area contributed by atoms with Crippen LogP contribution in [0.3, 0.4) is 0 Å². The molecule has 0 aromatic rings. The number of likely N-dealkylation sites (tertiary alicyclic amines) is 1. The summed E-state index contributed by atoms with van der Waals surface area (Å²) in [5.74, 6) is 0.892. The van der Waals surface area contributed by atoms with E-state index in [-0.39, 0.29) is 0 Å². The normalized spacial score (nSPS) is 32.8. The first-order valence-electron chi connectivity index (χ1n) is 7.46. The van der Waals surface area contributed by atoms with Gasteiger partial charge in [0.15, 0.2) is 0 Å². The average Bonchev–Trinajstić information content (AvgIpc) is 3.15. The van der Waals surface area contributed by atoms with E-state index in [2.05, 4.69) is 10.2 Å². The van der Waals surface area contributed by atoms with Gasteiger partial charge < -0.3 is 15.0 Å². The Bertz CT molecular complexity index is 236. The molecular weight excluding hydrogens is 212 g/mol. The summed E-state index contributed by atoms with van der Waals surface area (Å²) in [6.07, 6.45) is 8.15. The number of hydrogen-bond acceptors (Lipinski definition) is 3. The second-order valence-corrected chi connectivity index (χ2v) is 6.10. The quantitative estimate of drug-likeness (QED) is 0.805. The molecule has 1 aliphatic carbocycles. The van der Waals surface area contributed by atoms with E-state index in [1.165, 1.54) is 58.2 Å². The van der Waals surface area contributed by atoms with Gasteiger partial charge in [0.05, 0.1) is 0 Å². The summed E-state index contributed by atoms with van der Waals surface area (Å²) in [4.78, 5) is 2.69. The number of nitrogens with zero attached hydrogens (tertiary/aromatic N) is 1. The van der Waals surface area contributed by atoms with Gasteiger partial charge in [-0.05, 0) is 51.0 Å². The Kier molecular flexibility index (Phi) is 3.99. The second-order valence-electron chi connectivity index (χ2n) is 6.10. The Morgan fingerprint density at radius 1 is 1.00 bits per heavy atom. The van der Waals surface area contributed by atoms with E-state index in [0.29, 0.717) is 0 Å². The van der Waals surface area contributed by atoms with E-state index >= 15 is 0 Å². The van der Waals surface area contributed by atoms with E-state index in [1.807, 2.05) is 0 Å². The maximum atomic E-state index is 5.44. The second kappa shape index (κ2) is 5.68. The van der Waals surface area contributed by atoms with Gasteiger partial charge in [-0.3, -0.25) is 0 Å². The predicted octanol–water partition coefficient (Wildman–Crippen LogP) is 1.63. The number of nitrogens with one attached hydrogen (secondary N) is 1. The predicted molar refractivity (Wildman–Crippen MR) is 69.2 cm³/mol. The van der Waals surface area contributed by atoms with Crippen LogP contribution in [0.5, 0.6) is 0 Å². The molecule has 0 radical (unpaired) electrons. The summed E-state index contributed by atoms with van der Waals surface area (Å²) in [5.41, 5.74) is 0. The summed E-state index contributed by atoms with van der Waals surface area (Å²) in [6, 6.07) is 1.64. The first-order valence-corrected chi connectivity index (χ1v) is 7.46. The fourth-order valence-corrected chi connectivity index (χ4v) is 3.23. The van der Waals surface area contributed by atoms with Gasteiger partial charge >= 0.3 is 0 Å². The highest BCUT2D eigenvalue weighted by Gasteiger charge is 2.28. The molecule has 0 amide bonds. The molecule has 0 bridgehead atoms. The summed E-state index contributed by atoms with van der Waals surface area (Å²) in [6.45, 7) is 5.89. The largest absolute Gasteiger partial charge is 0.381 e. The van der Waals surface area contributed by atoms with Gasteiger partial charge in [0, 0.05) is 38.4 Å². The van der Waals surface area contributed by atoms with Crippen molar-refractivity contribution in [2.24, 2.45) is 5.92 Å². The molecule has 1 N–H and O–H groups in total. The highest BCUT2D eigenvalue weighted by Crippen LogP contribution is 2.23. The number of piperidine rings is 1. The molecule has 1 atom stereocenters. The van der Waals surface area contributed by atoms with Gasteiger partial charge in [0.25, 0.3) is 0 Å². The lowest BCUT2D eigenvalue weighted by atomic mass is 9.97. The fourth-order valence-electron chi connectivity index (χ4n) is 3.23. The van der Waals surface area contributed by atoms with Crippen LogP contribution < -0.4 is 5.32 Å². The molecule has 0 aromatic carbocycles. The summed E-state index contributed by atoms with van der Waals surface area (Å²) >= 11 is 0. The topological polar surface area (TPSA) is 24.5 Å². The standard InChI is InChI=1S/C14H26N2O/c1-2-14(15-13-3-4-13)11-16(7-1)10-12-5-8-17-9-6-12/h12-15H,1-11H2. The minimum Gasteiger partial charge on any atom is -0.381 e. The lowest BCUT2D eigenvalue weighted by Gasteiger charge is -2.36. The molecule has 17 heavy (non-hydrogen) atoms. The van der Waals surface area contributed by atoms with Gasteiger partial charge in [0.2, 0.25) is 0 Å². The molecule has 1 unspecified atom stereocenters. The lowest BCUT2D eigenvalue weighted by molar-refractivity contribution is 0.0472. The van der Waals surface area contributed by atoms with Crippen molar-refractivity contribution in [3.63, 3.8) is 0 Å². The third kappa shape index (κ3) is 3.67. The van der Waals surface area contributed by atoms with Crippen molar-refractivity contribution in [1.82, 2.24) is 10.2 Å². The van der Waals surface area contributed by atoms with Crippen LogP contribution >= 0.6 is 0 Å². The molecule has 2 heterocycles. The molecule has 3 fully saturated rings. The van der Waals surface area contributed by atoms with Crippen molar-refractivity contribution in [2.45, 2.75) is 50.6 Å². The van der Waals surface area contributed by atoms with E-state index < -0.39 is 0 Å². The smallest absolute Gasteiger partial charge is 0.0469 e. The fraction of sp³-hybridized carbons (Fsp3) is 1.00. The molecule has 3 heteroatoms. The Morgan fingerprint density at radius 2 is 1.82 bits per heavy atom. The van der Waals surface area contributed by atoms with Crippen LogP contribution in [0.2, 0.25) is 0 Å². The zero-order valence-electron chi connectivity index (χ0n) is 10.9. The van der Waals surface area contributed by atoms with E-state index in [4.69, 9.17) is 4.74 Å². The molecule has 2 saturated heterocycles. The monoisotopic (exact) mass is 238 g/mol. The third-order valence-electron chi connectivity index (χ3n) is 4.41. The van der Waals surface area contributed by atoms with Crippen LogP contribution in [0.15, 0.2) is 0 Å². The third-order valence-corrected chi connectivity index (χ3v) is 4.41. The van der Waals surface area contributed by atoms with Crippen molar-refractivity contribution in [1.29, 1.82) is 0 Å². The molecule has 0 spiro atoms. The van der Waals surface area contributed by atoms with E-state index in [9.17, 15) is 0 Å². The minimum atomic E-state index is 0.774. The Balaban J connectivity index is 1.42. The number of hydrogen-bond donors (Lipinski definition) is 1.